The molecule has 0 spiro atoms. The van der Waals surface area contributed by atoms with Gasteiger partial charge in [0.05, 0.1) is 0 Å². The van der Waals surface area contributed by atoms with Gasteiger partial charge in [-0.25, -0.2) is 0 Å². The van der Waals surface area contributed by atoms with Crippen LogP contribution >= 0.6 is 0 Å². The monoisotopic (exact) mass is 394 g/mol. The highest BCUT2D eigenvalue weighted by Crippen LogP contribution is 2.40. The number of carbonyl (C=O) groups is 1. The molecule has 2 aromatic carbocycles. The fraction of sp³-hybridized carbons (Fsp3) is 0.458. The van der Waals surface area contributed by atoms with Gasteiger partial charge < -0.3 is 19.7 Å². The SMILES string of the molecule is CCc1cc(N2CC[C@H](Oc3ccc(C4CC4)cc3)C2=O)ccc1OCCNC. The average Bonchev–Trinajstić information content (AvgIpc) is 3.54. The number of hydrogen-bond acceptors (Lipinski definition) is 4. The minimum absolute atomic E-state index is 0.0298. The molecule has 2 aliphatic rings. The predicted molar refractivity (Wildman–Crippen MR) is 115 cm³/mol. The fourth-order valence-corrected chi connectivity index (χ4v) is 3.83. The molecule has 1 saturated carbocycles. The molecule has 1 N–H and O–H groups in total. The van der Waals surface area contributed by atoms with Gasteiger partial charge in [0.1, 0.15) is 18.1 Å². The second-order valence-corrected chi connectivity index (χ2v) is 7.83. The van der Waals surface area contributed by atoms with Crippen molar-refractivity contribution < 1.29 is 14.3 Å². The summed E-state index contributed by atoms with van der Waals surface area (Å²) in [4.78, 5) is 14.8. The van der Waals surface area contributed by atoms with Crippen LogP contribution < -0.4 is 19.7 Å². The Kier molecular flexibility index (Phi) is 6.05. The van der Waals surface area contributed by atoms with Gasteiger partial charge in [0, 0.05) is 25.2 Å². The third-order valence-electron chi connectivity index (χ3n) is 5.71. The van der Waals surface area contributed by atoms with Gasteiger partial charge in [0.15, 0.2) is 6.10 Å². The van der Waals surface area contributed by atoms with Crippen molar-refractivity contribution in [2.24, 2.45) is 0 Å². The normalized spacial score (nSPS) is 18.9. The molecule has 5 nitrogen and oxygen atoms in total. The van der Waals surface area contributed by atoms with Crippen LogP contribution in [0.15, 0.2) is 42.5 Å². The maximum absolute atomic E-state index is 13.0. The maximum atomic E-state index is 13.0. The molecular formula is C24H30N2O3. The highest BCUT2D eigenvalue weighted by molar-refractivity contribution is 5.99. The maximum Gasteiger partial charge on any atom is 0.268 e. The van der Waals surface area contributed by atoms with Gasteiger partial charge in [0.25, 0.3) is 5.91 Å². The third-order valence-corrected chi connectivity index (χ3v) is 5.71. The molecule has 1 heterocycles. The Hall–Kier alpha value is -2.53. The molecule has 5 heteroatoms. The van der Waals surface area contributed by atoms with Crippen LogP contribution in [-0.2, 0) is 11.2 Å². The topological polar surface area (TPSA) is 50.8 Å². The van der Waals surface area contributed by atoms with Crippen LogP contribution in [0.4, 0.5) is 5.69 Å². The number of likely N-dealkylation sites (N-methyl/N-ethyl adjacent to an activating group) is 1. The lowest BCUT2D eigenvalue weighted by Gasteiger charge is -2.19. The quantitative estimate of drug-likeness (QED) is 0.655. The molecule has 0 unspecified atom stereocenters. The van der Waals surface area contributed by atoms with Crippen molar-refractivity contribution >= 4 is 11.6 Å². The summed E-state index contributed by atoms with van der Waals surface area (Å²) in [5.41, 5.74) is 3.41. The number of benzene rings is 2. The number of carbonyl (C=O) groups excluding carboxylic acids is 1. The van der Waals surface area contributed by atoms with Gasteiger partial charge in [-0.15, -0.1) is 0 Å². The van der Waals surface area contributed by atoms with E-state index in [1.807, 2.05) is 36.2 Å². The van der Waals surface area contributed by atoms with Crippen molar-refractivity contribution in [3.05, 3.63) is 53.6 Å². The molecule has 0 bridgehead atoms. The Labute approximate surface area is 173 Å². The molecule has 1 atom stereocenters. The minimum atomic E-state index is -0.418. The summed E-state index contributed by atoms with van der Waals surface area (Å²) < 4.78 is 11.9. The van der Waals surface area contributed by atoms with E-state index in [2.05, 4.69) is 30.4 Å². The van der Waals surface area contributed by atoms with E-state index in [0.717, 1.165) is 41.6 Å². The summed E-state index contributed by atoms with van der Waals surface area (Å²) in [6.45, 7) is 4.21. The third kappa shape index (κ3) is 4.56. The number of nitrogens with one attached hydrogen (secondary N) is 1. The summed E-state index contributed by atoms with van der Waals surface area (Å²) in [5, 5.41) is 3.08. The number of anilines is 1. The fourth-order valence-electron chi connectivity index (χ4n) is 3.83. The summed E-state index contributed by atoms with van der Waals surface area (Å²) >= 11 is 0. The number of nitrogens with zero attached hydrogens (tertiary/aromatic N) is 1. The van der Waals surface area contributed by atoms with Gasteiger partial charge in [-0.2, -0.15) is 0 Å². The molecule has 0 aromatic heterocycles. The van der Waals surface area contributed by atoms with Crippen LogP contribution in [-0.4, -0.2) is 38.8 Å². The first-order chi connectivity index (χ1) is 14.2. The van der Waals surface area contributed by atoms with E-state index in [0.29, 0.717) is 19.6 Å². The van der Waals surface area contributed by atoms with Crippen molar-refractivity contribution in [1.82, 2.24) is 5.32 Å². The summed E-state index contributed by atoms with van der Waals surface area (Å²) in [5.74, 6) is 2.42. The van der Waals surface area contributed by atoms with Gasteiger partial charge in [-0.1, -0.05) is 19.1 Å². The van der Waals surface area contributed by atoms with E-state index >= 15 is 0 Å². The predicted octanol–water partition coefficient (Wildman–Crippen LogP) is 3.91. The zero-order valence-corrected chi connectivity index (χ0v) is 17.3. The van der Waals surface area contributed by atoms with E-state index in [1.54, 1.807) is 0 Å². The standard InChI is InChI=1S/C24H30N2O3/c1-3-17-16-20(8-11-22(17)28-15-13-25-2)26-14-12-23(24(26)27)29-21-9-6-19(7-10-21)18-4-5-18/h6-11,16,18,23,25H,3-5,12-15H2,1-2H3/t23-/m0/s1. The van der Waals surface area contributed by atoms with Crippen molar-refractivity contribution in [2.45, 2.75) is 44.6 Å². The molecule has 4 rings (SSSR count). The lowest BCUT2D eigenvalue weighted by molar-refractivity contribution is -0.122. The molecule has 1 saturated heterocycles. The first kappa shape index (κ1) is 19.8. The molecular weight excluding hydrogens is 364 g/mol. The molecule has 1 amide bonds. The van der Waals surface area contributed by atoms with E-state index in [-0.39, 0.29) is 5.91 Å². The first-order valence-electron chi connectivity index (χ1n) is 10.7. The van der Waals surface area contributed by atoms with Crippen molar-refractivity contribution in [1.29, 1.82) is 0 Å². The number of ether oxygens (including phenoxy) is 2. The Bertz CT molecular complexity index is 846. The number of rotatable bonds is 9. The summed E-state index contributed by atoms with van der Waals surface area (Å²) in [6.07, 6.45) is 3.71. The molecule has 2 fully saturated rings. The van der Waals surface area contributed by atoms with Gasteiger partial charge in [-0.3, -0.25) is 4.79 Å². The van der Waals surface area contributed by atoms with Crippen LogP contribution in [0.2, 0.25) is 0 Å². The Morgan fingerprint density at radius 1 is 1.10 bits per heavy atom. The summed E-state index contributed by atoms with van der Waals surface area (Å²) in [7, 11) is 1.91. The smallest absolute Gasteiger partial charge is 0.268 e. The lowest BCUT2D eigenvalue weighted by atomic mass is 10.1. The van der Waals surface area contributed by atoms with Crippen LogP contribution in [0.5, 0.6) is 11.5 Å². The molecule has 2 aromatic rings. The van der Waals surface area contributed by atoms with Gasteiger partial charge in [0.2, 0.25) is 0 Å². The Balaban J connectivity index is 1.41. The zero-order chi connectivity index (χ0) is 20.2. The number of hydrogen-bond donors (Lipinski definition) is 1. The van der Waals surface area contributed by atoms with Crippen molar-refractivity contribution in [2.75, 3.05) is 31.6 Å². The van der Waals surface area contributed by atoms with Crippen LogP contribution in [0.3, 0.4) is 0 Å². The van der Waals surface area contributed by atoms with E-state index in [1.165, 1.54) is 18.4 Å². The number of aryl methyl sites for hydroxylation is 1. The van der Waals surface area contributed by atoms with Crippen LogP contribution in [0.25, 0.3) is 0 Å². The first-order valence-corrected chi connectivity index (χ1v) is 10.7. The van der Waals surface area contributed by atoms with Crippen LogP contribution in [0.1, 0.15) is 43.2 Å². The van der Waals surface area contributed by atoms with Crippen molar-refractivity contribution in [3.8, 4) is 11.5 Å². The molecule has 0 radical (unpaired) electrons. The molecule has 29 heavy (non-hydrogen) atoms. The minimum Gasteiger partial charge on any atom is -0.492 e. The molecule has 154 valence electrons. The average molecular weight is 395 g/mol. The van der Waals surface area contributed by atoms with Crippen molar-refractivity contribution in [3.63, 3.8) is 0 Å². The van der Waals surface area contributed by atoms with E-state index in [9.17, 15) is 4.79 Å². The Morgan fingerprint density at radius 2 is 1.90 bits per heavy atom. The molecule has 1 aliphatic carbocycles. The summed E-state index contributed by atoms with van der Waals surface area (Å²) in [6, 6.07) is 14.3. The van der Waals surface area contributed by atoms with E-state index < -0.39 is 6.10 Å². The van der Waals surface area contributed by atoms with Crippen LogP contribution in [0, 0.1) is 0 Å². The lowest BCUT2D eigenvalue weighted by Crippen LogP contribution is -2.32. The second-order valence-electron chi connectivity index (χ2n) is 7.83. The highest BCUT2D eigenvalue weighted by Gasteiger charge is 2.34. The van der Waals surface area contributed by atoms with Gasteiger partial charge in [-0.05, 0) is 73.7 Å². The Morgan fingerprint density at radius 3 is 2.59 bits per heavy atom. The second kappa shape index (κ2) is 8.87. The van der Waals surface area contributed by atoms with E-state index in [4.69, 9.17) is 9.47 Å². The molecule has 1 aliphatic heterocycles. The number of amides is 1. The van der Waals surface area contributed by atoms with Gasteiger partial charge >= 0.3 is 0 Å². The zero-order valence-electron chi connectivity index (χ0n) is 17.3. The largest absolute Gasteiger partial charge is 0.492 e. The highest BCUT2D eigenvalue weighted by atomic mass is 16.5.